The van der Waals surface area contributed by atoms with Gasteiger partial charge in [0.1, 0.15) is 5.75 Å². The number of aromatic hydroxyl groups is 1. The van der Waals surface area contributed by atoms with Gasteiger partial charge in [-0.15, -0.1) is 0 Å². The minimum atomic E-state index is -0.0976. The standard InChI is InChI=1S/C8H10ClNO/c1-5(10)6-2-7(9)4-8(11)3-6/h2-5,11H,10H2,1H3/t5-/m1/s1. The van der Waals surface area contributed by atoms with Crippen molar-refractivity contribution >= 4 is 11.6 Å². The number of phenolic OH excluding ortho intramolecular Hbond substituents is 1. The summed E-state index contributed by atoms with van der Waals surface area (Å²) in [4.78, 5) is 0. The van der Waals surface area contributed by atoms with Gasteiger partial charge in [0.05, 0.1) is 0 Å². The van der Waals surface area contributed by atoms with Crippen LogP contribution < -0.4 is 5.73 Å². The third-order valence-corrected chi connectivity index (χ3v) is 1.65. The number of phenols is 1. The van der Waals surface area contributed by atoms with Crippen molar-refractivity contribution in [3.63, 3.8) is 0 Å². The molecule has 1 aromatic rings. The van der Waals surface area contributed by atoms with Gasteiger partial charge in [0, 0.05) is 11.1 Å². The van der Waals surface area contributed by atoms with Crippen molar-refractivity contribution in [1.82, 2.24) is 0 Å². The van der Waals surface area contributed by atoms with Gasteiger partial charge in [-0.05, 0) is 30.7 Å². The lowest BCUT2D eigenvalue weighted by atomic mass is 10.1. The van der Waals surface area contributed by atoms with Gasteiger partial charge in [0.25, 0.3) is 0 Å². The average Bonchev–Trinajstić information content (AvgIpc) is 1.85. The minimum absolute atomic E-state index is 0.0976. The number of benzene rings is 1. The first kappa shape index (κ1) is 8.37. The van der Waals surface area contributed by atoms with Gasteiger partial charge in [-0.3, -0.25) is 0 Å². The van der Waals surface area contributed by atoms with Crippen LogP contribution >= 0.6 is 11.6 Å². The van der Waals surface area contributed by atoms with Crippen molar-refractivity contribution in [2.75, 3.05) is 0 Å². The summed E-state index contributed by atoms with van der Waals surface area (Å²) in [5, 5.41) is 9.61. The zero-order valence-corrected chi connectivity index (χ0v) is 6.97. The summed E-state index contributed by atoms with van der Waals surface area (Å²) in [5.74, 6) is 0.157. The third kappa shape index (κ3) is 2.10. The molecule has 0 aliphatic heterocycles. The van der Waals surface area contributed by atoms with Gasteiger partial charge in [-0.25, -0.2) is 0 Å². The van der Waals surface area contributed by atoms with E-state index >= 15 is 0 Å². The maximum Gasteiger partial charge on any atom is 0.117 e. The highest BCUT2D eigenvalue weighted by molar-refractivity contribution is 6.30. The minimum Gasteiger partial charge on any atom is -0.508 e. The molecule has 0 saturated carbocycles. The fourth-order valence-electron chi connectivity index (χ4n) is 0.859. The lowest BCUT2D eigenvalue weighted by molar-refractivity contribution is 0.474. The summed E-state index contributed by atoms with van der Waals surface area (Å²) >= 11 is 5.68. The van der Waals surface area contributed by atoms with E-state index in [9.17, 15) is 0 Å². The second-order valence-corrected chi connectivity index (χ2v) is 2.97. The Labute approximate surface area is 70.6 Å². The van der Waals surface area contributed by atoms with Gasteiger partial charge in [-0.2, -0.15) is 0 Å². The highest BCUT2D eigenvalue weighted by Crippen LogP contribution is 2.22. The van der Waals surface area contributed by atoms with Gasteiger partial charge >= 0.3 is 0 Å². The Morgan fingerprint density at radius 3 is 2.55 bits per heavy atom. The van der Waals surface area contributed by atoms with E-state index in [4.69, 9.17) is 22.4 Å². The number of rotatable bonds is 1. The summed E-state index contributed by atoms with van der Waals surface area (Å²) in [5.41, 5.74) is 6.42. The maximum absolute atomic E-state index is 9.10. The van der Waals surface area contributed by atoms with Crippen LogP contribution in [0.4, 0.5) is 0 Å². The number of nitrogens with two attached hydrogens (primary N) is 1. The zero-order valence-electron chi connectivity index (χ0n) is 6.21. The molecule has 0 bridgehead atoms. The molecule has 0 saturated heterocycles. The Hall–Kier alpha value is -0.730. The van der Waals surface area contributed by atoms with Crippen LogP contribution in [0.3, 0.4) is 0 Å². The van der Waals surface area contributed by atoms with E-state index in [1.54, 1.807) is 12.1 Å². The molecule has 11 heavy (non-hydrogen) atoms. The Morgan fingerprint density at radius 2 is 2.09 bits per heavy atom. The van der Waals surface area contributed by atoms with Crippen molar-refractivity contribution in [3.8, 4) is 5.75 Å². The van der Waals surface area contributed by atoms with Crippen LogP contribution in [0, 0.1) is 0 Å². The van der Waals surface area contributed by atoms with Gasteiger partial charge < -0.3 is 10.8 Å². The van der Waals surface area contributed by atoms with Gasteiger partial charge in [0.2, 0.25) is 0 Å². The first-order valence-corrected chi connectivity index (χ1v) is 3.72. The molecule has 0 aliphatic carbocycles. The van der Waals surface area contributed by atoms with E-state index < -0.39 is 0 Å². The predicted octanol–water partition coefficient (Wildman–Crippen LogP) is 2.07. The molecule has 3 N–H and O–H groups in total. The van der Waals surface area contributed by atoms with Crippen LogP contribution in [0.2, 0.25) is 5.02 Å². The molecule has 0 spiro atoms. The third-order valence-electron chi connectivity index (χ3n) is 1.43. The van der Waals surface area contributed by atoms with Crippen LogP contribution in [0.5, 0.6) is 5.75 Å². The monoisotopic (exact) mass is 171 g/mol. The summed E-state index contributed by atoms with van der Waals surface area (Å²) in [6, 6.07) is 4.73. The maximum atomic E-state index is 9.10. The Kier molecular flexibility index (Phi) is 2.37. The first-order valence-electron chi connectivity index (χ1n) is 3.34. The molecule has 0 aliphatic rings. The highest BCUT2D eigenvalue weighted by Gasteiger charge is 2.01. The van der Waals surface area contributed by atoms with Crippen molar-refractivity contribution < 1.29 is 5.11 Å². The van der Waals surface area contributed by atoms with Crippen molar-refractivity contribution in [2.24, 2.45) is 5.73 Å². The highest BCUT2D eigenvalue weighted by atomic mass is 35.5. The van der Waals surface area contributed by atoms with Crippen LogP contribution in [0.15, 0.2) is 18.2 Å². The molecule has 1 aromatic carbocycles. The molecular weight excluding hydrogens is 162 g/mol. The molecular formula is C8H10ClNO. The molecule has 0 unspecified atom stereocenters. The molecule has 1 rings (SSSR count). The Bertz CT molecular complexity index is 240. The predicted molar refractivity (Wildman–Crippen MR) is 45.7 cm³/mol. The second kappa shape index (κ2) is 3.11. The summed E-state index contributed by atoms with van der Waals surface area (Å²) in [6.07, 6.45) is 0. The molecule has 0 fully saturated rings. The summed E-state index contributed by atoms with van der Waals surface area (Å²) in [6.45, 7) is 1.84. The zero-order chi connectivity index (χ0) is 8.43. The normalized spacial score (nSPS) is 13.0. The lowest BCUT2D eigenvalue weighted by Crippen LogP contribution is -2.04. The molecule has 0 heterocycles. The topological polar surface area (TPSA) is 46.2 Å². The van der Waals surface area contributed by atoms with Crippen LogP contribution in [0.25, 0.3) is 0 Å². The van der Waals surface area contributed by atoms with E-state index in [2.05, 4.69) is 0 Å². The largest absolute Gasteiger partial charge is 0.508 e. The fourth-order valence-corrected chi connectivity index (χ4v) is 1.10. The lowest BCUT2D eigenvalue weighted by Gasteiger charge is -2.05. The van der Waals surface area contributed by atoms with E-state index in [1.807, 2.05) is 6.92 Å². The molecule has 60 valence electrons. The molecule has 0 radical (unpaired) electrons. The van der Waals surface area contributed by atoms with Crippen LogP contribution in [0.1, 0.15) is 18.5 Å². The van der Waals surface area contributed by atoms with Crippen molar-refractivity contribution in [1.29, 1.82) is 0 Å². The molecule has 3 heteroatoms. The number of hydrogen-bond donors (Lipinski definition) is 2. The molecule has 0 amide bonds. The van der Waals surface area contributed by atoms with Crippen molar-refractivity contribution in [2.45, 2.75) is 13.0 Å². The molecule has 1 atom stereocenters. The van der Waals surface area contributed by atoms with Gasteiger partial charge in [-0.1, -0.05) is 11.6 Å². The first-order chi connectivity index (χ1) is 5.09. The van der Waals surface area contributed by atoms with Crippen LogP contribution in [-0.4, -0.2) is 5.11 Å². The smallest absolute Gasteiger partial charge is 0.117 e. The molecule has 0 aromatic heterocycles. The Morgan fingerprint density at radius 1 is 1.45 bits per heavy atom. The second-order valence-electron chi connectivity index (χ2n) is 2.53. The SMILES string of the molecule is C[C@@H](N)c1cc(O)cc(Cl)c1. The van der Waals surface area contributed by atoms with Crippen LogP contribution in [-0.2, 0) is 0 Å². The number of hydrogen-bond acceptors (Lipinski definition) is 2. The van der Waals surface area contributed by atoms with Crippen molar-refractivity contribution in [3.05, 3.63) is 28.8 Å². The van der Waals surface area contributed by atoms with E-state index in [0.717, 1.165) is 5.56 Å². The number of halogens is 1. The van der Waals surface area contributed by atoms with E-state index in [1.165, 1.54) is 6.07 Å². The van der Waals surface area contributed by atoms with E-state index in [-0.39, 0.29) is 11.8 Å². The fraction of sp³-hybridized carbons (Fsp3) is 0.250. The molecule has 2 nitrogen and oxygen atoms in total. The summed E-state index contributed by atoms with van der Waals surface area (Å²) < 4.78 is 0. The average molecular weight is 172 g/mol. The Balaban J connectivity index is 3.08. The van der Waals surface area contributed by atoms with Gasteiger partial charge in [0.15, 0.2) is 0 Å². The van der Waals surface area contributed by atoms with E-state index in [0.29, 0.717) is 5.02 Å². The summed E-state index contributed by atoms with van der Waals surface area (Å²) in [7, 11) is 0. The quantitative estimate of drug-likeness (QED) is 0.680.